The molecule has 4 heteroatoms. The Bertz CT molecular complexity index is 107. The number of nitro groups is 1. The topological polar surface area (TPSA) is 60.2 Å². The van der Waals surface area contributed by atoms with Crippen molar-refractivity contribution in [2.75, 3.05) is 0 Å². The molecule has 0 N–H and O–H groups in total. The number of nitrogens with zero attached hydrogens (tertiary/aromatic N) is 1. The van der Waals surface area contributed by atoms with E-state index in [0.717, 1.165) is 6.08 Å². The van der Waals surface area contributed by atoms with Crippen LogP contribution in [0.4, 0.5) is 0 Å². The third-order valence-corrected chi connectivity index (χ3v) is 0.286. The second kappa shape index (κ2) is 3.02. The summed E-state index contributed by atoms with van der Waals surface area (Å²) in [6.45, 7) is 0. The van der Waals surface area contributed by atoms with Gasteiger partial charge in [0.15, 0.2) is 0 Å². The molecule has 0 aliphatic rings. The highest BCUT2D eigenvalue weighted by Crippen LogP contribution is 1.66. The largest absolute Gasteiger partial charge is 0.298 e. The van der Waals surface area contributed by atoms with Crippen molar-refractivity contribution in [3.8, 4) is 0 Å². The van der Waals surface area contributed by atoms with E-state index in [4.69, 9.17) is 0 Å². The summed E-state index contributed by atoms with van der Waals surface area (Å²) in [7, 11) is 0. The first-order valence-electron chi connectivity index (χ1n) is 1.53. The molecule has 0 aromatic rings. The van der Waals surface area contributed by atoms with Gasteiger partial charge in [-0.1, -0.05) is 0 Å². The molecule has 0 aliphatic heterocycles. The average molecular weight is 101 g/mol. The predicted molar refractivity (Wildman–Crippen MR) is 22.2 cm³/mol. The van der Waals surface area contributed by atoms with Crippen molar-refractivity contribution in [3.63, 3.8) is 0 Å². The molecule has 0 aromatic carbocycles. The zero-order valence-electron chi connectivity index (χ0n) is 3.40. The molecular formula is C3H3NO3. The van der Waals surface area contributed by atoms with E-state index < -0.39 is 4.92 Å². The molecule has 0 unspecified atom stereocenters. The van der Waals surface area contributed by atoms with Gasteiger partial charge in [-0.3, -0.25) is 14.9 Å². The van der Waals surface area contributed by atoms with Crippen molar-refractivity contribution in [1.29, 1.82) is 0 Å². The van der Waals surface area contributed by atoms with Gasteiger partial charge in [-0.05, 0) is 0 Å². The predicted octanol–water partition coefficient (Wildman–Crippen LogP) is -0.0243. The maximum absolute atomic E-state index is 9.32. The van der Waals surface area contributed by atoms with Crippen LogP contribution in [0.5, 0.6) is 0 Å². The van der Waals surface area contributed by atoms with Crippen molar-refractivity contribution in [3.05, 3.63) is 22.4 Å². The maximum atomic E-state index is 9.32. The molecule has 0 amide bonds. The molecule has 0 radical (unpaired) electrons. The Balaban J connectivity index is 3.46. The minimum absolute atomic E-state index is 0.350. The molecule has 4 nitrogen and oxygen atoms in total. The van der Waals surface area contributed by atoms with Crippen LogP contribution in [0, 0.1) is 10.1 Å². The van der Waals surface area contributed by atoms with Crippen LogP contribution in [0.15, 0.2) is 12.3 Å². The Hall–Kier alpha value is -1.19. The standard InChI is InChI=1S/C3H3NO3/c5-3-1-2-4(6)7/h1-3H/b2-1-. The molecule has 0 aliphatic carbocycles. The van der Waals surface area contributed by atoms with E-state index in [1.807, 2.05) is 0 Å². The van der Waals surface area contributed by atoms with Gasteiger partial charge in [0.2, 0.25) is 6.20 Å². The summed E-state index contributed by atoms with van der Waals surface area (Å²) in [5.41, 5.74) is 0. The molecule has 7 heavy (non-hydrogen) atoms. The zero-order valence-corrected chi connectivity index (χ0v) is 3.40. The highest BCUT2D eigenvalue weighted by Gasteiger charge is 1.77. The Labute approximate surface area is 39.6 Å². The van der Waals surface area contributed by atoms with Gasteiger partial charge in [0, 0.05) is 6.08 Å². The molecule has 0 heterocycles. The van der Waals surface area contributed by atoms with Crippen LogP contribution in [0.25, 0.3) is 0 Å². The molecule has 0 rings (SSSR count). The van der Waals surface area contributed by atoms with Crippen molar-refractivity contribution < 1.29 is 9.72 Å². The van der Waals surface area contributed by atoms with Gasteiger partial charge in [-0.25, -0.2) is 0 Å². The molecule has 38 valence electrons. The van der Waals surface area contributed by atoms with Crippen LogP contribution in [0.2, 0.25) is 0 Å². The van der Waals surface area contributed by atoms with E-state index in [0.29, 0.717) is 12.5 Å². The Morgan fingerprint density at radius 1 is 1.57 bits per heavy atom. The van der Waals surface area contributed by atoms with E-state index in [1.165, 1.54) is 0 Å². The summed E-state index contributed by atoms with van der Waals surface area (Å²) in [4.78, 5) is 17.9. The van der Waals surface area contributed by atoms with Crippen LogP contribution in [0.1, 0.15) is 0 Å². The van der Waals surface area contributed by atoms with Gasteiger partial charge in [-0.15, -0.1) is 0 Å². The number of allylic oxidation sites excluding steroid dienone is 1. The number of carbonyl (C=O) groups excluding carboxylic acids is 1. The smallest absolute Gasteiger partial charge is 0.237 e. The van der Waals surface area contributed by atoms with Gasteiger partial charge < -0.3 is 0 Å². The van der Waals surface area contributed by atoms with Crippen molar-refractivity contribution >= 4 is 6.29 Å². The Kier molecular flexibility index (Phi) is 2.50. The fourth-order valence-electron chi connectivity index (χ4n) is 0.105. The zero-order chi connectivity index (χ0) is 5.70. The summed E-state index contributed by atoms with van der Waals surface area (Å²) in [5.74, 6) is 0. The van der Waals surface area contributed by atoms with E-state index >= 15 is 0 Å². The van der Waals surface area contributed by atoms with Crippen molar-refractivity contribution in [2.24, 2.45) is 0 Å². The first-order chi connectivity index (χ1) is 3.27. The quantitative estimate of drug-likeness (QED) is 0.212. The lowest BCUT2D eigenvalue weighted by molar-refractivity contribution is -0.402. The second-order valence-corrected chi connectivity index (χ2v) is 0.763. The number of carbonyl (C=O) groups is 1. The lowest BCUT2D eigenvalue weighted by atomic mass is 10.7. The molecule has 0 spiro atoms. The fourth-order valence-corrected chi connectivity index (χ4v) is 0.105. The molecule has 0 saturated carbocycles. The van der Waals surface area contributed by atoms with Crippen LogP contribution in [0.3, 0.4) is 0 Å². The number of rotatable bonds is 2. The van der Waals surface area contributed by atoms with Crippen LogP contribution in [-0.4, -0.2) is 11.2 Å². The van der Waals surface area contributed by atoms with Gasteiger partial charge in [0.1, 0.15) is 6.29 Å². The average Bonchev–Trinajstić information content (AvgIpc) is 1.61. The van der Waals surface area contributed by atoms with E-state index in [9.17, 15) is 14.9 Å². The van der Waals surface area contributed by atoms with Gasteiger partial charge in [0.25, 0.3) is 0 Å². The van der Waals surface area contributed by atoms with E-state index in [1.54, 1.807) is 0 Å². The van der Waals surface area contributed by atoms with Gasteiger partial charge >= 0.3 is 0 Å². The minimum atomic E-state index is -0.700. The minimum Gasteiger partial charge on any atom is -0.298 e. The molecule has 0 saturated heterocycles. The summed E-state index contributed by atoms with van der Waals surface area (Å²) in [6.07, 6.45) is 1.75. The Morgan fingerprint density at radius 2 is 2.14 bits per heavy atom. The van der Waals surface area contributed by atoms with Gasteiger partial charge in [0.05, 0.1) is 4.92 Å². The highest BCUT2D eigenvalue weighted by molar-refractivity contribution is 5.63. The first-order valence-corrected chi connectivity index (χ1v) is 1.53. The molecule has 0 bridgehead atoms. The molecule has 0 aromatic heterocycles. The maximum Gasteiger partial charge on any atom is 0.237 e. The molecule has 0 atom stereocenters. The lowest BCUT2D eigenvalue weighted by Gasteiger charge is -1.69. The van der Waals surface area contributed by atoms with Crippen LogP contribution >= 0.6 is 0 Å². The number of hydrogen-bond donors (Lipinski definition) is 0. The third-order valence-electron chi connectivity index (χ3n) is 0.286. The van der Waals surface area contributed by atoms with E-state index in [2.05, 4.69) is 0 Å². The lowest BCUT2D eigenvalue weighted by Crippen LogP contribution is -1.81. The number of aldehydes is 1. The SMILES string of the molecule is O=C/C=C\[N+](=O)[O-]. The van der Waals surface area contributed by atoms with Crippen LogP contribution in [-0.2, 0) is 4.79 Å². The fraction of sp³-hybridized carbons (Fsp3) is 0. The highest BCUT2D eigenvalue weighted by atomic mass is 16.6. The first kappa shape index (κ1) is 5.81. The van der Waals surface area contributed by atoms with Crippen molar-refractivity contribution in [1.82, 2.24) is 0 Å². The molecule has 0 fully saturated rings. The second-order valence-electron chi connectivity index (χ2n) is 0.763. The Morgan fingerprint density at radius 3 is 2.29 bits per heavy atom. The number of hydrogen-bond acceptors (Lipinski definition) is 3. The summed E-state index contributed by atoms with van der Waals surface area (Å²) < 4.78 is 0. The van der Waals surface area contributed by atoms with E-state index in [-0.39, 0.29) is 0 Å². The molecular weight excluding hydrogens is 98.0 g/mol. The van der Waals surface area contributed by atoms with Crippen molar-refractivity contribution in [2.45, 2.75) is 0 Å². The normalized spacial score (nSPS) is 9.14. The van der Waals surface area contributed by atoms with Crippen LogP contribution < -0.4 is 0 Å². The summed E-state index contributed by atoms with van der Waals surface area (Å²) in [5, 5.41) is 9.32. The monoisotopic (exact) mass is 101 g/mol. The summed E-state index contributed by atoms with van der Waals surface area (Å²) >= 11 is 0. The summed E-state index contributed by atoms with van der Waals surface area (Å²) in [6, 6.07) is 0. The third kappa shape index (κ3) is 4.81. The van der Waals surface area contributed by atoms with Gasteiger partial charge in [-0.2, -0.15) is 0 Å².